The minimum atomic E-state index is -6.11. The summed E-state index contributed by atoms with van der Waals surface area (Å²) < 4.78 is 34.6. The molecule has 0 radical (unpaired) electrons. The maximum absolute atomic E-state index is 8.64. The van der Waals surface area contributed by atoms with Gasteiger partial charge in [-0.2, -0.15) is 0 Å². The van der Waals surface area contributed by atoms with Crippen LogP contribution in [0.5, 0.6) is 0 Å². The Hall–Kier alpha value is 3.12. The minimum Gasteiger partial charge on any atom is 4.00 e. The smallest absolute Gasteiger partial charge is 4.00 e. The summed E-state index contributed by atoms with van der Waals surface area (Å²) >= 11 is -6.11. The molecule has 0 amide bonds. The molecule has 0 bridgehead atoms. The van der Waals surface area contributed by atoms with Gasteiger partial charge in [-0.25, -0.2) is 0 Å². The van der Waals surface area contributed by atoms with Crippen LogP contribution in [-0.4, -0.2) is 0 Å². The molecule has 0 aliphatic rings. The van der Waals surface area contributed by atoms with E-state index < -0.39 is 15.8 Å². The summed E-state index contributed by atoms with van der Waals surface area (Å²) in [5.74, 6) is 0. The molecule has 0 fully saturated rings. The fourth-order valence-corrected chi connectivity index (χ4v) is 0. The third kappa shape index (κ3) is 267. The first-order chi connectivity index (χ1) is 2.00. The van der Waals surface area contributed by atoms with Crippen molar-refractivity contribution in [3.8, 4) is 0 Å². The van der Waals surface area contributed by atoms with Crippen LogP contribution >= 0.6 is 0 Å². The van der Waals surface area contributed by atoms with Crippen LogP contribution in [0.25, 0.3) is 0 Å². The van der Waals surface area contributed by atoms with Gasteiger partial charge in [-0.05, 0) is 0 Å². The predicted molar refractivity (Wildman–Crippen MR) is 8.04 cm³/mol. The third-order valence-electron chi connectivity index (χ3n) is 0. The Morgan fingerprint density at radius 2 is 0.769 bits per heavy atom. The molecular formula is H4Cl5NNaO4PtRe. The normalized spacial score (nSPS) is 4.38. The van der Waals surface area contributed by atoms with E-state index in [0.29, 0.717) is 0 Å². The third-order valence-corrected chi connectivity index (χ3v) is 0. The summed E-state index contributed by atoms with van der Waals surface area (Å²) in [5, 5.41) is 0. The van der Waals surface area contributed by atoms with Crippen molar-refractivity contribution in [3.05, 3.63) is 0 Å². The minimum absolute atomic E-state index is 0. The van der Waals surface area contributed by atoms with Gasteiger partial charge in [0, 0.05) is 0 Å². The molecule has 0 saturated carbocycles. The molecule has 4 N–H and O–H groups in total. The zero-order chi connectivity index (χ0) is 4.50. The summed E-state index contributed by atoms with van der Waals surface area (Å²) in [6, 6.07) is 0. The van der Waals surface area contributed by atoms with Gasteiger partial charge in [0.15, 0.2) is 0 Å². The van der Waals surface area contributed by atoms with E-state index in [4.69, 9.17) is 14.2 Å². The maximum Gasteiger partial charge on any atom is 4.00 e. The molecular weight excluding hydrogens is 660 g/mol. The molecule has 0 saturated heterocycles. The summed E-state index contributed by atoms with van der Waals surface area (Å²) in [5.41, 5.74) is 0. The van der Waals surface area contributed by atoms with Gasteiger partial charge in [0.2, 0.25) is 0 Å². The first kappa shape index (κ1) is 72.7. The molecule has 0 aromatic heterocycles. The Labute approximate surface area is 146 Å². The Balaban J connectivity index is -0.00000000286. The molecule has 0 unspecified atom stereocenters. The quantitative estimate of drug-likeness (QED) is 0.260. The zero-order valence-electron chi connectivity index (χ0n) is 6.22. The second-order valence-corrected chi connectivity index (χ2v) is 3.09. The molecule has 0 aromatic rings. The van der Waals surface area contributed by atoms with Crippen LogP contribution in [0.1, 0.15) is 0 Å². The second kappa shape index (κ2) is 36.2. The van der Waals surface area contributed by atoms with Gasteiger partial charge in [-0.1, -0.05) is 0 Å². The Bertz CT molecular complexity index is 150. The van der Waals surface area contributed by atoms with Crippen molar-refractivity contribution in [2.75, 3.05) is 0 Å². The maximum atomic E-state index is 8.64. The molecule has 13 heavy (non-hydrogen) atoms. The summed E-state index contributed by atoms with van der Waals surface area (Å²) in [7, 11) is 0. The predicted octanol–water partition coefficient (Wildman–Crippen LogP) is -19.2. The Morgan fingerprint density at radius 3 is 0.769 bits per heavy atom. The van der Waals surface area contributed by atoms with E-state index in [9.17, 15) is 0 Å². The first-order valence-electron chi connectivity index (χ1n) is 0.617. The van der Waals surface area contributed by atoms with Crippen LogP contribution in [0.4, 0.5) is 0 Å². The number of hydrogen-bond acceptors (Lipinski definition) is 4. The first-order valence-corrected chi connectivity index (χ1v) is 5.05. The van der Waals surface area contributed by atoms with E-state index in [2.05, 4.69) is 0 Å². The van der Waals surface area contributed by atoms with Crippen LogP contribution in [0.15, 0.2) is 0 Å². The molecule has 0 atom stereocenters. The fraction of sp³-hybridized carbons (Fsp3) is 0. The van der Waals surface area contributed by atoms with Crippen molar-refractivity contribution in [2.45, 2.75) is 0 Å². The average Bonchev–Trinajstić information content (AvgIpc) is 0.722. The van der Waals surface area contributed by atoms with Gasteiger partial charge < -0.3 is 68.2 Å². The molecule has 13 heteroatoms. The molecule has 0 aliphatic carbocycles. The van der Waals surface area contributed by atoms with E-state index in [0.717, 1.165) is 0 Å². The van der Waals surface area contributed by atoms with Crippen LogP contribution in [0.3, 0.4) is 0 Å². The van der Waals surface area contributed by atoms with Crippen molar-refractivity contribution in [1.82, 2.24) is 6.15 Å². The van der Waals surface area contributed by atoms with E-state index in [1.165, 1.54) is 0 Å². The van der Waals surface area contributed by atoms with Crippen LogP contribution in [0.2, 0.25) is 0 Å². The van der Waals surface area contributed by atoms with Crippen LogP contribution in [0, 0.1) is 0 Å². The Kier molecular flexibility index (Phi) is 203. The Morgan fingerprint density at radius 1 is 0.769 bits per heavy atom. The number of halogens is 5. The van der Waals surface area contributed by atoms with E-state index in [1.807, 2.05) is 0 Å². The van der Waals surface area contributed by atoms with Gasteiger partial charge in [-0.3, -0.25) is 0 Å². The van der Waals surface area contributed by atoms with Crippen LogP contribution < -0.4 is 102 Å². The summed E-state index contributed by atoms with van der Waals surface area (Å²) in [6.45, 7) is 0. The zero-order valence-corrected chi connectivity index (χ0v) is 17.0. The SMILES string of the molecule is [Cl-].[Cl-].[Cl-].[Cl-].[Cl-].[NH4+].[Na+].[O]=[Re](=[O])(=[O])[O-].[Pt+4]. The average molecular weight is 664 g/mol. The van der Waals surface area contributed by atoms with Crippen molar-refractivity contribution < 1.29 is 143 Å². The number of quaternary nitrogens is 1. The van der Waals surface area contributed by atoms with Crippen molar-refractivity contribution >= 4 is 0 Å². The standard InChI is InChI=1S/5ClH.H3N.Na.4O.Pt.Re/h5*1H;1H3;;;;;;;/q;;;;;;+1;;;;-1;+4;/p-4. The monoisotopic (exact) mass is 662 g/mol. The van der Waals surface area contributed by atoms with E-state index >= 15 is 0 Å². The van der Waals surface area contributed by atoms with Gasteiger partial charge >= 0.3 is 80.6 Å². The van der Waals surface area contributed by atoms with Gasteiger partial charge in [0.05, 0.1) is 0 Å². The van der Waals surface area contributed by atoms with E-state index in [-0.39, 0.29) is 119 Å². The molecule has 5 nitrogen and oxygen atoms in total. The largest absolute Gasteiger partial charge is 4.00 e. The molecule has 0 heterocycles. The summed E-state index contributed by atoms with van der Waals surface area (Å²) in [6.07, 6.45) is 0. The summed E-state index contributed by atoms with van der Waals surface area (Å²) in [4.78, 5) is 0. The van der Waals surface area contributed by atoms with Gasteiger partial charge in [0.25, 0.3) is 0 Å². The van der Waals surface area contributed by atoms with Gasteiger partial charge in [0.1, 0.15) is 0 Å². The molecule has 86 valence electrons. The fourth-order valence-electron chi connectivity index (χ4n) is 0. The van der Waals surface area contributed by atoms with Crippen molar-refractivity contribution in [2.24, 2.45) is 0 Å². The second-order valence-electron chi connectivity index (χ2n) is 0.378. The van der Waals surface area contributed by atoms with Gasteiger partial charge in [-0.15, -0.1) is 0 Å². The number of rotatable bonds is 0. The van der Waals surface area contributed by atoms with Crippen LogP contribution in [-0.2, 0) is 47.3 Å². The topological polar surface area (TPSA) is 111 Å². The molecule has 0 aromatic carbocycles. The molecule has 0 rings (SSSR count). The molecule has 0 aliphatic heterocycles. The number of hydrogen-bond donors (Lipinski definition) is 1. The van der Waals surface area contributed by atoms with Crippen molar-refractivity contribution in [1.29, 1.82) is 0 Å². The van der Waals surface area contributed by atoms with E-state index in [1.54, 1.807) is 0 Å². The molecule has 0 spiro atoms. The van der Waals surface area contributed by atoms with Crippen molar-refractivity contribution in [3.63, 3.8) is 0 Å².